The predicted molar refractivity (Wildman–Crippen MR) is 86.1 cm³/mol. The monoisotopic (exact) mass is 292 g/mol. The molecule has 2 rings (SSSR count). The number of aromatic nitrogens is 1. The Balaban J connectivity index is 2.02. The molecule has 3 atom stereocenters. The average molecular weight is 292 g/mol. The summed E-state index contributed by atoms with van der Waals surface area (Å²) in [5.41, 5.74) is 1.54. The van der Waals surface area contributed by atoms with Gasteiger partial charge in [0.15, 0.2) is 0 Å². The van der Waals surface area contributed by atoms with Crippen LogP contribution in [0.15, 0.2) is 23.7 Å². The van der Waals surface area contributed by atoms with Gasteiger partial charge in [0.25, 0.3) is 0 Å². The molecule has 0 fully saturated rings. The van der Waals surface area contributed by atoms with Crippen molar-refractivity contribution in [3.63, 3.8) is 0 Å². The van der Waals surface area contributed by atoms with E-state index in [1.54, 1.807) is 11.3 Å². The zero-order chi connectivity index (χ0) is 14.8. The van der Waals surface area contributed by atoms with Crippen LogP contribution in [0.4, 0.5) is 0 Å². The average Bonchev–Trinajstić information content (AvgIpc) is 2.91. The van der Waals surface area contributed by atoms with Crippen molar-refractivity contribution >= 4 is 21.6 Å². The van der Waals surface area contributed by atoms with Gasteiger partial charge in [-0.15, -0.1) is 11.3 Å². The lowest BCUT2D eigenvalue weighted by Gasteiger charge is -2.31. The van der Waals surface area contributed by atoms with E-state index in [9.17, 15) is 5.11 Å². The molecular weight excluding hydrogens is 268 g/mol. The second-order valence-electron chi connectivity index (χ2n) is 5.84. The highest BCUT2D eigenvalue weighted by Crippen LogP contribution is 2.24. The lowest BCUT2D eigenvalue weighted by atomic mass is 9.88. The highest BCUT2D eigenvalue weighted by molar-refractivity contribution is 7.17. The maximum absolute atomic E-state index is 10.4. The zero-order valence-electron chi connectivity index (χ0n) is 12.7. The van der Waals surface area contributed by atoms with E-state index in [4.69, 9.17) is 0 Å². The van der Waals surface area contributed by atoms with Gasteiger partial charge in [0.2, 0.25) is 0 Å². The van der Waals surface area contributed by atoms with E-state index in [0.29, 0.717) is 6.54 Å². The minimum Gasteiger partial charge on any atom is -0.389 e. The summed E-state index contributed by atoms with van der Waals surface area (Å²) in [4.78, 5) is 4.47. The molecule has 2 N–H and O–H groups in total. The van der Waals surface area contributed by atoms with Crippen LogP contribution in [0.5, 0.6) is 0 Å². The van der Waals surface area contributed by atoms with Crippen molar-refractivity contribution in [3.8, 4) is 0 Å². The van der Waals surface area contributed by atoms with Gasteiger partial charge in [-0.05, 0) is 42.8 Å². The first-order valence-corrected chi connectivity index (χ1v) is 8.11. The quantitative estimate of drug-likeness (QED) is 0.852. The lowest BCUT2D eigenvalue weighted by Crippen LogP contribution is -2.43. The molecule has 4 heteroatoms. The molecule has 110 valence electrons. The van der Waals surface area contributed by atoms with Crippen LogP contribution >= 0.6 is 11.3 Å². The summed E-state index contributed by atoms with van der Waals surface area (Å²) in [5, 5.41) is 15.9. The summed E-state index contributed by atoms with van der Waals surface area (Å²) in [6, 6.07) is 4.41. The number of fused-ring (bicyclic) bond motifs is 1. The van der Waals surface area contributed by atoms with Crippen LogP contribution in [0, 0.1) is 5.92 Å². The van der Waals surface area contributed by atoms with E-state index in [2.05, 4.69) is 42.5 Å². The molecule has 3 unspecified atom stereocenters. The second-order valence-corrected chi connectivity index (χ2v) is 6.79. The molecule has 0 aromatic carbocycles. The normalized spacial score (nSPS) is 17.9. The van der Waals surface area contributed by atoms with Gasteiger partial charge in [-0.1, -0.05) is 20.3 Å². The topological polar surface area (TPSA) is 45.1 Å². The Bertz CT molecular complexity index is 564. The molecule has 0 amide bonds. The van der Waals surface area contributed by atoms with Crippen LogP contribution in [-0.4, -0.2) is 22.2 Å². The fourth-order valence-electron chi connectivity index (χ4n) is 2.19. The standard InChI is InChI=1S/C16H24N2OS/c1-5-11(2)16(4,19)10-18-12(3)13-8-15-14(17-9-13)6-7-20-15/h6-9,11-12,18-19H,5,10H2,1-4H3. The molecule has 0 saturated heterocycles. The minimum absolute atomic E-state index is 0.185. The highest BCUT2D eigenvalue weighted by Gasteiger charge is 2.27. The molecule has 0 saturated carbocycles. The molecule has 2 aromatic rings. The summed E-state index contributed by atoms with van der Waals surface area (Å²) in [6.07, 6.45) is 2.90. The maximum atomic E-state index is 10.4. The Kier molecular flexibility index (Phi) is 4.78. The molecule has 0 aliphatic rings. The number of nitrogens with zero attached hydrogens (tertiary/aromatic N) is 1. The van der Waals surface area contributed by atoms with Crippen molar-refractivity contribution in [2.45, 2.75) is 45.8 Å². The van der Waals surface area contributed by atoms with Gasteiger partial charge in [0.1, 0.15) is 0 Å². The fraction of sp³-hybridized carbons (Fsp3) is 0.562. The van der Waals surface area contributed by atoms with Crippen molar-refractivity contribution in [1.29, 1.82) is 0 Å². The number of pyridine rings is 1. The van der Waals surface area contributed by atoms with Gasteiger partial charge in [0.05, 0.1) is 15.8 Å². The molecule has 3 nitrogen and oxygen atoms in total. The smallest absolute Gasteiger partial charge is 0.0809 e. The summed E-state index contributed by atoms with van der Waals surface area (Å²) in [5.74, 6) is 0.278. The first kappa shape index (κ1) is 15.4. The molecule has 0 aliphatic carbocycles. The van der Waals surface area contributed by atoms with Crippen molar-refractivity contribution in [2.24, 2.45) is 5.92 Å². The molecular formula is C16H24N2OS. The molecule has 20 heavy (non-hydrogen) atoms. The van der Waals surface area contributed by atoms with Gasteiger partial charge in [-0.3, -0.25) is 4.98 Å². The number of aliphatic hydroxyl groups is 1. The van der Waals surface area contributed by atoms with Gasteiger partial charge in [-0.25, -0.2) is 0 Å². The van der Waals surface area contributed by atoms with Crippen LogP contribution < -0.4 is 5.32 Å². The van der Waals surface area contributed by atoms with Crippen LogP contribution in [0.3, 0.4) is 0 Å². The summed E-state index contributed by atoms with van der Waals surface area (Å²) < 4.78 is 1.21. The van der Waals surface area contributed by atoms with Crippen molar-refractivity contribution in [2.75, 3.05) is 6.54 Å². The maximum Gasteiger partial charge on any atom is 0.0809 e. The van der Waals surface area contributed by atoms with Gasteiger partial charge < -0.3 is 10.4 Å². The number of hydrogen-bond acceptors (Lipinski definition) is 4. The molecule has 0 radical (unpaired) electrons. The zero-order valence-corrected chi connectivity index (χ0v) is 13.5. The van der Waals surface area contributed by atoms with E-state index >= 15 is 0 Å². The third kappa shape index (κ3) is 3.37. The molecule has 0 bridgehead atoms. The van der Waals surface area contributed by atoms with Gasteiger partial charge in [-0.2, -0.15) is 0 Å². The summed E-state index contributed by atoms with van der Waals surface area (Å²) in [7, 11) is 0. The van der Waals surface area contributed by atoms with Crippen molar-refractivity contribution in [3.05, 3.63) is 29.3 Å². The largest absolute Gasteiger partial charge is 0.389 e. The first-order valence-electron chi connectivity index (χ1n) is 7.23. The molecule has 0 aliphatic heterocycles. The van der Waals surface area contributed by atoms with Crippen molar-refractivity contribution < 1.29 is 5.11 Å². The number of thiophene rings is 1. The highest BCUT2D eigenvalue weighted by atomic mass is 32.1. The SMILES string of the molecule is CCC(C)C(C)(O)CNC(C)c1cnc2ccsc2c1. The molecule has 2 heterocycles. The number of rotatable bonds is 6. The predicted octanol–water partition coefficient (Wildman–Crippen LogP) is 3.74. The number of nitrogens with one attached hydrogen (secondary N) is 1. The van der Waals surface area contributed by atoms with Crippen LogP contribution in [0.2, 0.25) is 0 Å². The fourth-order valence-corrected chi connectivity index (χ4v) is 2.98. The van der Waals surface area contributed by atoms with Gasteiger partial charge in [0, 0.05) is 18.8 Å². The van der Waals surface area contributed by atoms with Gasteiger partial charge >= 0.3 is 0 Å². The first-order chi connectivity index (χ1) is 9.44. The van der Waals surface area contributed by atoms with Crippen molar-refractivity contribution in [1.82, 2.24) is 10.3 Å². The summed E-state index contributed by atoms with van der Waals surface area (Å²) in [6.45, 7) is 8.80. The van der Waals surface area contributed by atoms with E-state index in [1.165, 1.54) is 10.3 Å². The second kappa shape index (κ2) is 6.20. The van der Waals surface area contributed by atoms with E-state index < -0.39 is 5.60 Å². The molecule has 0 spiro atoms. The Hall–Kier alpha value is -0.970. The Morgan fingerprint density at radius 3 is 2.90 bits per heavy atom. The third-order valence-corrected chi connectivity index (χ3v) is 5.12. The van der Waals surface area contributed by atoms with E-state index in [1.807, 2.05) is 19.2 Å². The third-order valence-electron chi connectivity index (χ3n) is 4.26. The van der Waals surface area contributed by atoms with Crippen LogP contribution in [-0.2, 0) is 0 Å². The van der Waals surface area contributed by atoms with E-state index in [-0.39, 0.29) is 12.0 Å². The lowest BCUT2D eigenvalue weighted by molar-refractivity contribution is 0.00365. The Morgan fingerprint density at radius 1 is 1.45 bits per heavy atom. The number of hydrogen-bond donors (Lipinski definition) is 2. The van der Waals surface area contributed by atoms with E-state index in [0.717, 1.165) is 11.9 Å². The molecule has 2 aromatic heterocycles. The Labute approximate surface area is 125 Å². The minimum atomic E-state index is -0.677. The summed E-state index contributed by atoms with van der Waals surface area (Å²) >= 11 is 1.71. The van der Waals surface area contributed by atoms with Crippen LogP contribution in [0.1, 0.15) is 45.7 Å². The Morgan fingerprint density at radius 2 is 2.20 bits per heavy atom. The van der Waals surface area contributed by atoms with Crippen LogP contribution in [0.25, 0.3) is 10.2 Å².